The van der Waals surface area contributed by atoms with E-state index in [9.17, 15) is 4.79 Å². The number of thiazole rings is 1. The third-order valence-corrected chi connectivity index (χ3v) is 12.5. The lowest BCUT2D eigenvalue weighted by Crippen LogP contribution is -2.38. The lowest BCUT2D eigenvalue weighted by molar-refractivity contribution is -0.121. The molecule has 1 aliphatic carbocycles. The first-order chi connectivity index (χ1) is 25.6. The molecule has 1 aromatic carbocycles. The number of carbonyl (C=O) groups is 1. The van der Waals surface area contributed by atoms with E-state index in [4.69, 9.17) is 27.8 Å². The van der Waals surface area contributed by atoms with Crippen LogP contribution in [-0.4, -0.2) is 78.2 Å². The van der Waals surface area contributed by atoms with Gasteiger partial charge in [0.15, 0.2) is 0 Å². The van der Waals surface area contributed by atoms with Gasteiger partial charge in [-0.05, 0) is 95.3 Å². The maximum Gasteiger partial charge on any atom is 0.227 e. The molecule has 2 aromatic heterocycles. The molecule has 0 spiro atoms. The van der Waals surface area contributed by atoms with E-state index < -0.39 is 0 Å². The van der Waals surface area contributed by atoms with Gasteiger partial charge >= 0.3 is 0 Å². The highest BCUT2D eigenvalue weighted by Gasteiger charge is 2.26. The Kier molecular flexibility index (Phi) is 15.4. The Bertz CT molecular complexity index is 1750. The van der Waals surface area contributed by atoms with Crippen LogP contribution in [0.15, 0.2) is 75.6 Å². The molecule has 3 heterocycles. The number of anilines is 2. The molecular formula is C40H55ClN8O2S2. The number of hydrogen-bond acceptors (Lipinski definition) is 11. The van der Waals surface area contributed by atoms with Gasteiger partial charge < -0.3 is 31.3 Å². The van der Waals surface area contributed by atoms with Crippen LogP contribution in [0, 0.1) is 18.3 Å². The molecule has 53 heavy (non-hydrogen) atoms. The zero-order valence-corrected chi connectivity index (χ0v) is 34.0. The summed E-state index contributed by atoms with van der Waals surface area (Å²) in [6.45, 7) is 14.8. The number of allylic oxidation sites excluding steroid dienone is 3. The first-order valence-electron chi connectivity index (χ1n) is 18.7. The average Bonchev–Trinajstić information content (AvgIpc) is 3.49. The minimum absolute atomic E-state index is 0.0212. The summed E-state index contributed by atoms with van der Waals surface area (Å²) in [5, 5.41) is 4.36. The first-order valence-corrected chi connectivity index (χ1v) is 20.8. The Hall–Kier alpha value is -3.26. The van der Waals surface area contributed by atoms with Gasteiger partial charge in [-0.3, -0.25) is 4.79 Å². The maximum atomic E-state index is 13.3. The second kappa shape index (κ2) is 19.9. The van der Waals surface area contributed by atoms with Gasteiger partial charge in [-0.15, -0.1) is 11.3 Å². The molecule has 0 bridgehead atoms. The fourth-order valence-corrected chi connectivity index (χ4v) is 8.25. The largest absolute Gasteiger partial charge is 0.497 e. The van der Waals surface area contributed by atoms with E-state index in [0.29, 0.717) is 30.4 Å². The van der Waals surface area contributed by atoms with Crippen LogP contribution in [0.3, 0.4) is 0 Å². The van der Waals surface area contributed by atoms with Crippen molar-refractivity contribution < 1.29 is 9.53 Å². The predicted molar refractivity (Wildman–Crippen MR) is 221 cm³/mol. The van der Waals surface area contributed by atoms with Crippen molar-refractivity contribution in [2.24, 2.45) is 22.8 Å². The first kappa shape index (κ1) is 40.9. The molecule has 1 amide bonds. The quantitative estimate of drug-likeness (QED) is 0.109. The Labute approximate surface area is 328 Å². The van der Waals surface area contributed by atoms with Gasteiger partial charge in [0.2, 0.25) is 5.91 Å². The maximum absolute atomic E-state index is 13.3. The fourth-order valence-electron chi connectivity index (χ4n) is 6.35. The van der Waals surface area contributed by atoms with Gasteiger partial charge in [-0.2, -0.15) is 0 Å². The number of piperidine rings is 1. The van der Waals surface area contributed by atoms with Gasteiger partial charge in [0, 0.05) is 42.4 Å². The fraction of sp³-hybridized carbons (Fsp3) is 0.500. The molecule has 1 saturated heterocycles. The summed E-state index contributed by atoms with van der Waals surface area (Å²) in [4.78, 5) is 33.7. The van der Waals surface area contributed by atoms with Gasteiger partial charge in [0.05, 0.1) is 45.8 Å². The lowest BCUT2D eigenvalue weighted by atomic mass is 9.89. The van der Waals surface area contributed by atoms with E-state index in [2.05, 4.69) is 69.1 Å². The second-order valence-corrected chi connectivity index (χ2v) is 16.7. The van der Waals surface area contributed by atoms with Crippen molar-refractivity contribution in [3.63, 3.8) is 0 Å². The van der Waals surface area contributed by atoms with Gasteiger partial charge in [-0.25, -0.2) is 15.0 Å². The van der Waals surface area contributed by atoms with Gasteiger partial charge in [0.25, 0.3) is 0 Å². The number of ether oxygens (including phenoxy) is 1. The van der Waals surface area contributed by atoms with Gasteiger partial charge in [0.1, 0.15) is 16.6 Å². The van der Waals surface area contributed by atoms with Crippen molar-refractivity contribution in [2.75, 3.05) is 62.6 Å². The molecule has 2 aliphatic rings. The number of carbonyl (C=O) groups excluding carboxylic acids is 1. The Morgan fingerprint density at radius 2 is 1.96 bits per heavy atom. The molecule has 286 valence electrons. The van der Waals surface area contributed by atoms with Crippen molar-refractivity contribution >= 4 is 57.7 Å². The van der Waals surface area contributed by atoms with Crippen molar-refractivity contribution in [1.29, 1.82) is 0 Å². The zero-order valence-electron chi connectivity index (χ0n) is 31.6. The molecule has 0 unspecified atom stereocenters. The summed E-state index contributed by atoms with van der Waals surface area (Å²) in [6.07, 6.45) is 15.4. The molecule has 0 atom stereocenters. The van der Waals surface area contributed by atoms with Crippen LogP contribution in [-0.2, 0) is 9.53 Å². The monoisotopic (exact) mass is 778 g/mol. The van der Waals surface area contributed by atoms with Crippen LogP contribution in [0.2, 0.25) is 5.02 Å². The molecule has 5 N–H and O–H groups in total. The number of aromatic nitrogens is 3. The topological polar surface area (TPSA) is 136 Å². The summed E-state index contributed by atoms with van der Waals surface area (Å²) in [5.74, 6) is 1.77. The Morgan fingerprint density at radius 1 is 1.15 bits per heavy atom. The summed E-state index contributed by atoms with van der Waals surface area (Å²) >= 11 is 9.92. The van der Waals surface area contributed by atoms with Crippen LogP contribution in [0.25, 0.3) is 5.57 Å². The highest BCUT2D eigenvalue weighted by atomic mass is 35.5. The minimum Gasteiger partial charge on any atom is -0.497 e. The SMILES string of the molecule is CCN(CCC(C)(C)CN)c1cnc(Sc2cccc(NC(=O)C3CCN(CCCCOC4=C(CN)C=CC(c5scnc5C)=CC4)CC3)c2Cl)cn1. The van der Waals surface area contributed by atoms with Gasteiger partial charge in [-0.1, -0.05) is 61.5 Å². The van der Waals surface area contributed by atoms with Crippen molar-refractivity contribution in [1.82, 2.24) is 19.9 Å². The van der Waals surface area contributed by atoms with E-state index in [1.807, 2.05) is 36.8 Å². The number of nitrogens with zero attached hydrogens (tertiary/aromatic N) is 5. The van der Waals surface area contributed by atoms with Crippen LogP contribution >= 0.6 is 34.7 Å². The number of hydrogen-bond donors (Lipinski definition) is 3. The van der Waals surface area contributed by atoms with E-state index in [1.165, 1.54) is 22.2 Å². The number of unbranched alkanes of at least 4 members (excludes halogenated alkanes) is 1. The second-order valence-electron chi connectivity index (χ2n) is 14.4. The summed E-state index contributed by atoms with van der Waals surface area (Å²) in [5.41, 5.74) is 17.8. The highest BCUT2D eigenvalue weighted by molar-refractivity contribution is 7.99. The number of rotatable bonds is 18. The van der Waals surface area contributed by atoms with Crippen LogP contribution in [0.4, 0.5) is 11.5 Å². The zero-order chi connectivity index (χ0) is 37.8. The van der Waals surface area contributed by atoms with Crippen LogP contribution < -0.4 is 21.7 Å². The van der Waals surface area contributed by atoms with Crippen molar-refractivity contribution in [2.45, 2.75) is 76.1 Å². The van der Waals surface area contributed by atoms with Crippen molar-refractivity contribution in [3.8, 4) is 0 Å². The van der Waals surface area contributed by atoms with Crippen LogP contribution in [0.1, 0.15) is 69.9 Å². The number of likely N-dealkylation sites (tertiary alicyclic amines) is 1. The molecule has 0 radical (unpaired) electrons. The molecule has 5 rings (SSSR count). The minimum atomic E-state index is -0.0473. The summed E-state index contributed by atoms with van der Waals surface area (Å²) in [6, 6.07) is 5.70. The number of aryl methyl sites for hydroxylation is 1. The van der Waals surface area contributed by atoms with E-state index in [0.717, 1.165) is 104 Å². The Balaban J connectivity index is 1.03. The van der Waals surface area contributed by atoms with E-state index >= 15 is 0 Å². The molecule has 1 fully saturated rings. The number of nitrogens with one attached hydrogen (secondary N) is 1. The summed E-state index contributed by atoms with van der Waals surface area (Å²) in [7, 11) is 0. The smallest absolute Gasteiger partial charge is 0.227 e. The average molecular weight is 780 g/mol. The Morgan fingerprint density at radius 3 is 2.64 bits per heavy atom. The highest BCUT2D eigenvalue weighted by Crippen LogP contribution is 2.37. The van der Waals surface area contributed by atoms with Crippen molar-refractivity contribution in [3.05, 3.63) is 81.3 Å². The molecule has 10 nitrogen and oxygen atoms in total. The molecular weight excluding hydrogens is 724 g/mol. The third kappa shape index (κ3) is 11.6. The molecule has 0 saturated carbocycles. The predicted octanol–water partition coefficient (Wildman–Crippen LogP) is 7.95. The number of amides is 1. The lowest BCUT2D eigenvalue weighted by Gasteiger charge is -2.31. The van der Waals surface area contributed by atoms with E-state index in [1.54, 1.807) is 17.5 Å². The number of nitrogens with two attached hydrogens (primary N) is 2. The molecule has 13 heteroatoms. The van der Waals surface area contributed by atoms with E-state index in [-0.39, 0.29) is 17.2 Å². The summed E-state index contributed by atoms with van der Waals surface area (Å²) < 4.78 is 6.24. The number of halogens is 1. The third-order valence-electron chi connectivity index (χ3n) is 10.0. The number of benzene rings is 1. The molecule has 3 aromatic rings. The molecule has 1 aliphatic heterocycles. The standard InChI is InChI=1S/C40H55ClN8O2S2/c1-5-49(21-17-40(3,4)26-43)35-24-45-36(25-44-35)53-34-10-8-9-32(37(34)41)47-39(50)30-15-19-48(20-16-30)18-6-7-22-51-33-14-13-29(11-12-31(33)23-42)38-28(2)46-27-52-38/h8-13,24-25,27,30H,5-7,14-23,26,42-43H2,1-4H3,(H,47,50). The van der Waals surface area contributed by atoms with Crippen LogP contribution in [0.5, 0.6) is 0 Å². The normalized spacial score (nSPS) is 15.7.